The summed E-state index contributed by atoms with van der Waals surface area (Å²) < 4.78 is 32.5. The Morgan fingerprint density at radius 3 is 1.56 bits per heavy atom. The van der Waals surface area contributed by atoms with E-state index >= 15 is 0 Å². The van der Waals surface area contributed by atoms with Crippen molar-refractivity contribution in [1.82, 2.24) is 0 Å². The number of aliphatic hydroxyl groups is 2. The molecule has 0 fully saturated rings. The number of allylic oxidation sites excluding steroid dienone is 2. The maximum atomic E-state index is 12.5. The molecule has 0 aliphatic heterocycles. The maximum absolute atomic E-state index is 12.5. The predicted molar refractivity (Wildman–Crippen MR) is 192 cm³/mol. The highest BCUT2D eigenvalue weighted by molar-refractivity contribution is 7.47. The maximum Gasteiger partial charge on any atom is 0.472 e. The first-order chi connectivity index (χ1) is 23.2. The Bertz CT molecular complexity index is 822. The minimum atomic E-state index is -4.60. The molecular formula is C37H71O10P. The Labute approximate surface area is 292 Å². The van der Waals surface area contributed by atoms with Gasteiger partial charge in [-0.15, -0.1) is 0 Å². The largest absolute Gasteiger partial charge is 0.472 e. The fourth-order valence-corrected chi connectivity index (χ4v) is 5.94. The topological polar surface area (TPSA) is 149 Å². The third-order valence-electron chi connectivity index (χ3n) is 8.17. The third kappa shape index (κ3) is 33.2. The van der Waals surface area contributed by atoms with Gasteiger partial charge in [0.1, 0.15) is 12.7 Å². The van der Waals surface area contributed by atoms with Gasteiger partial charge in [-0.1, -0.05) is 142 Å². The molecule has 0 aromatic rings. The van der Waals surface area contributed by atoms with Gasteiger partial charge < -0.3 is 24.6 Å². The molecule has 0 saturated carbocycles. The van der Waals surface area contributed by atoms with Crippen LogP contribution in [0.5, 0.6) is 0 Å². The van der Waals surface area contributed by atoms with E-state index in [9.17, 15) is 24.2 Å². The van der Waals surface area contributed by atoms with Crippen LogP contribution in [0.15, 0.2) is 12.2 Å². The van der Waals surface area contributed by atoms with Crippen LogP contribution in [0.4, 0.5) is 0 Å². The van der Waals surface area contributed by atoms with Gasteiger partial charge in [0.05, 0.1) is 19.8 Å². The quantitative estimate of drug-likeness (QED) is 0.0249. The van der Waals surface area contributed by atoms with Gasteiger partial charge in [-0.25, -0.2) is 4.57 Å². The summed E-state index contributed by atoms with van der Waals surface area (Å²) in [5.41, 5.74) is 0. The number of carbonyl (C=O) groups excluding carboxylic acids is 2. The van der Waals surface area contributed by atoms with Crippen LogP contribution in [0.1, 0.15) is 174 Å². The fourth-order valence-electron chi connectivity index (χ4n) is 5.15. The minimum Gasteiger partial charge on any atom is -0.462 e. The molecule has 0 bridgehead atoms. The molecule has 1 unspecified atom stereocenters. The number of aliphatic hydroxyl groups excluding tert-OH is 2. The van der Waals surface area contributed by atoms with Crippen LogP contribution in [0, 0.1) is 0 Å². The van der Waals surface area contributed by atoms with E-state index < -0.39 is 51.8 Å². The van der Waals surface area contributed by atoms with Gasteiger partial charge in [-0.3, -0.25) is 18.6 Å². The van der Waals surface area contributed by atoms with Gasteiger partial charge >= 0.3 is 19.8 Å². The Morgan fingerprint density at radius 2 is 1.04 bits per heavy atom. The van der Waals surface area contributed by atoms with Crippen molar-refractivity contribution >= 4 is 19.8 Å². The van der Waals surface area contributed by atoms with Crippen molar-refractivity contribution < 1.29 is 47.8 Å². The van der Waals surface area contributed by atoms with Crippen LogP contribution in [-0.4, -0.2) is 65.7 Å². The van der Waals surface area contributed by atoms with E-state index in [4.69, 9.17) is 19.1 Å². The Balaban J connectivity index is 4.35. The van der Waals surface area contributed by atoms with Gasteiger partial charge in [-0.05, 0) is 32.1 Å². The van der Waals surface area contributed by atoms with Crippen molar-refractivity contribution in [1.29, 1.82) is 0 Å². The van der Waals surface area contributed by atoms with Crippen molar-refractivity contribution in [3.63, 3.8) is 0 Å². The van der Waals surface area contributed by atoms with E-state index in [0.29, 0.717) is 12.8 Å². The molecule has 0 aromatic heterocycles. The molecule has 48 heavy (non-hydrogen) atoms. The summed E-state index contributed by atoms with van der Waals surface area (Å²) in [4.78, 5) is 34.8. The normalized spacial score (nSPS) is 14.2. The lowest BCUT2D eigenvalue weighted by Gasteiger charge is -2.20. The summed E-state index contributed by atoms with van der Waals surface area (Å²) in [6, 6.07) is 0. The number of ether oxygens (including phenoxy) is 2. The number of carbonyl (C=O) groups is 2. The Kier molecular flexibility index (Phi) is 33.3. The fraction of sp³-hybridized carbons (Fsp3) is 0.892. The molecule has 0 amide bonds. The molecule has 0 aliphatic carbocycles. The summed E-state index contributed by atoms with van der Waals surface area (Å²) in [5.74, 6) is -0.931. The number of phosphoric acid groups is 1. The SMILES string of the molecule is CCCC/C=C/CCCCCCCC(=O)OC[C@H](COP(=O)(O)OC[C@@H](O)CO)OC(=O)CCCCCCCCCCCCCCCC. The number of unbranched alkanes of at least 4 members (excludes halogenated alkanes) is 20. The third-order valence-corrected chi connectivity index (χ3v) is 9.12. The van der Waals surface area contributed by atoms with Crippen molar-refractivity contribution in [2.45, 2.75) is 187 Å². The van der Waals surface area contributed by atoms with Crippen molar-refractivity contribution in [2.24, 2.45) is 0 Å². The molecule has 3 atom stereocenters. The summed E-state index contributed by atoms with van der Waals surface area (Å²) in [6.45, 7) is 2.33. The standard InChI is InChI=1S/C37H71O10P/c1-3-5-7-9-11-13-15-16-17-19-21-23-25-27-29-37(41)47-35(33-46-48(42,43)45-31-34(39)30-38)32-44-36(40)28-26-24-22-20-18-14-12-10-8-6-4-2/h10,12,34-35,38-39H,3-9,11,13-33H2,1-2H3,(H,42,43)/b12-10+/t34-,35+/m0/s1. The molecule has 11 heteroatoms. The van der Waals surface area contributed by atoms with Crippen LogP contribution in [0.25, 0.3) is 0 Å². The number of hydrogen-bond acceptors (Lipinski definition) is 9. The summed E-state index contributed by atoms with van der Waals surface area (Å²) >= 11 is 0. The zero-order valence-corrected chi connectivity index (χ0v) is 31.4. The van der Waals surface area contributed by atoms with Gasteiger partial charge in [0.2, 0.25) is 0 Å². The van der Waals surface area contributed by atoms with Crippen LogP contribution >= 0.6 is 7.82 Å². The molecular weight excluding hydrogens is 635 g/mol. The van der Waals surface area contributed by atoms with E-state index in [1.807, 2.05) is 0 Å². The summed E-state index contributed by atoms with van der Waals surface area (Å²) in [5, 5.41) is 18.3. The molecule has 0 spiro atoms. The van der Waals surface area contributed by atoms with Crippen molar-refractivity contribution in [2.75, 3.05) is 26.4 Å². The second kappa shape index (κ2) is 34.2. The molecule has 3 N–H and O–H groups in total. The smallest absolute Gasteiger partial charge is 0.462 e. The van der Waals surface area contributed by atoms with E-state index in [0.717, 1.165) is 57.8 Å². The second-order valence-electron chi connectivity index (χ2n) is 13.0. The summed E-state index contributed by atoms with van der Waals surface area (Å²) in [7, 11) is -4.60. The van der Waals surface area contributed by atoms with Gasteiger partial charge in [0.25, 0.3) is 0 Å². The minimum absolute atomic E-state index is 0.187. The lowest BCUT2D eigenvalue weighted by atomic mass is 10.0. The highest BCUT2D eigenvalue weighted by Crippen LogP contribution is 2.43. The average Bonchev–Trinajstić information content (AvgIpc) is 3.07. The van der Waals surface area contributed by atoms with Crippen LogP contribution in [0.3, 0.4) is 0 Å². The lowest BCUT2D eigenvalue weighted by Crippen LogP contribution is -2.29. The van der Waals surface area contributed by atoms with Crippen LogP contribution in [0.2, 0.25) is 0 Å². The van der Waals surface area contributed by atoms with E-state index in [1.165, 1.54) is 77.0 Å². The van der Waals surface area contributed by atoms with Gasteiger partial charge in [-0.2, -0.15) is 0 Å². The molecule has 0 rings (SSSR count). The highest BCUT2D eigenvalue weighted by atomic mass is 31.2. The predicted octanol–water partition coefficient (Wildman–Crippen LogP) is 9.28. The first-order valence-corrected chi connectivity index (χ1v) is 20.6. The first-order valence-electron chi connectivity index (χ1n) is 19.1. The van der Waals surface area contributed by atoms with Crippen LogP contribution in [-0.2, 0) is 32.7 Å². The summed E-state index contributed by atoms with van der Waals surface area (Å²) in [6.07, 6.45) is 29.0. The van der Waals surface area contributed by atoms with Crippen molar-refractivity contribution in [3.05, 3.63) is 12.2 Å². The molecule has 284 valence electrons. The average molecular weight is 707 g/mol. The molecule has 0 radical (unpaired) electrons. The van der Waals surface area contributed by atoms with Crippen molar-refractivity contribution in [3.8, 4) is 0 Å². The number of phosphoric ester groups is 1. The number of esters is 2. The second-order valence-corrected chi connectivity index (χ2v) is 14.4. The molecule has 0 saturated heterocycles. The molecule has 0 aliphatic rings. The molecule has 0 heterocycles. The number of hydrogen-bond donors (Lipinski definition) is 3. The van der Waals surface area contributed by atoms with E-state index in [-0.39, 0.29) is 19.4 Å². The number of rotatable bonds is 36. The zero-order chi connectivity index (χ0) is 35.6. The van der Waals surface area contributed by atoms with Gasteiger partial charge in [0.15, 0.2) is 6.10 Å². The lowest BCUT2D eigenvalue weighted by molar-refractivity contribution is -0.161. The van der Waals surface area contributed by atoms with Crippen LogP contribution < -0.4 is 0 Å². The highest BCUT2D eigenvalue weighted by Gasteiger charge is 2.27. The first kappa shape index (κ1) is 46.7. The molecule has 0 aromatic carbocycles. The Morgan fingerprint density at radius 1 is 0.604 bits per heavy atom. The van der Waals surface area contributed by atoms with E-state index in [1.54, 1.807) is 0 Å². The van der Waals surface area contributed by atoms with Gasteiger partial charge in [0, 0.05) is 12.8 Å². The molecule has 10 nitrogen and oxygen atoms in total. The monoisotopic (exact) mass is 706 g/mol. The zero-order valence-electron chi connectivity index (χ0n) is 30.5. The Hall–Kier alpha value is -1.29. The van der Waals surface area contributed by atoms with E-state index in [2.05, 4.69) is 30.5 Å².